The van der Waals surface area contributed by atoms with Crippen LogP contribution in [0, 0.1) is 11.3 Å². The second-order valence-electron chi connectivity index (χ2n) is 8.81. The van der Waals surface area contributed by atoms with Gasteiger partial charge in [0, 0.05) is 21.9 Å². The lowest BCUT2D eigenvalue weighted by molar-refractivity contribution is -0.132. The molecule has 42 heavy (non-hydrogen) atoms. The first-order chi connectivity index (χ1) is 20.4. The van der Waals surface area contributed by atoms with Crippen LogP contribution in [0.25, 0.3) is 26.4 Å². The number of anilines is 3. The van der Waals surface area contributed by atoms with E-state index in [1.54, 1.807) is 33.5 Å². The van der Waals surface area contributed by atoms with Gasteiger partial charge in [0.05, 0.1) is 31.1 Å². The maximum Gasteiger partial charge on any atom is 0.346 e. The largest absolute Gasteiger partial charge is 0.497 e. The lowest BCUT2D eigenvalue weighted by Crippen LogP contribution is -2.09. The van der Waals surface area contributed by atoms with E-state index in [-0.39, 0.29) is 5.57 Å². The van der Waals surface area contributed by atoms with Crippen LogP contribution in [0.15, 0.2) is 90.5 Å². The quantitative estimate of drug-likeness (QED) is 0.128. The molecule has 0 saturated carbocycles. The maximum absolute atomic E-state index is 11.2. The summed E-state index contributed by atoms with van der Waals surface area (Å²) in [4.78, 5) is 20.4. The number of aliphatic carboxylic acids is 1. The van der Waals surface area contributed by atoms with Crippen LogP contribution >= 0.6 is 22.7 Å². The summed E-state index contributed by atoms with van der Waals surface area (Å²) in [6.45, 7) is 0. The first-order valence-electron chi connectivity index (χ1n) is 12.6. The van der Waals surface area contributed by atoms with Gasteiger partial charge in [-0.2, -0.15) is 5.26 Å². The van der Waals surface area contributed by atoms with Crippen molar-refractivity contribution in [3.05, 3.63) is 95.4 Å². The summed E-state index contributed by atoms with van der Waals surface area (Å²) in [7, 11) is 4.87. The van der Waals surface area contributed by atoms with Gasteiger partial charge in [0.2, 0.25) is 5.88 Å². The van der Waals surface area contributed by atoms with E-state index in [2.05, 4.69) is 9.88 Å². The van der Waals surface area contributed by atoms with Gasteiger partial charge in [0.15, 0.2) is 0 Å². The van der Waals surface area contributed by atoms with Gasteiger partial charge in [-0.25, -0.2) is 9.78 Å². The normalized spacial score (nSPS) is 11.0. The molecular weight excluding hydrogens is 571 g/mol. The average molecular weight is 596 g/mol. The number of nitriles is 1. The molecule has 0 aliphatic rings. The monoisotopic (exact) mass is 595 g/mol. The van der Waals surface area contributed by atoms with E-state index in [4.69, 9.17) is 24.6 Å². The van der Waals surface area contributed by atoms with Crippen LogP contribution in [0.3, 0.4) is 0 Å². The van der Waals surface area contributed by atoms with Crippen molar-refractivity contribution >= 4 is 51.8 Å². The number of carbonyl (C=O) groups is 1. The number of methoxy groups -OCH3 is 3. The number of carboxylic acid groups (broad SMARTS) is 1. The van der Waals surface area contributed by atoms with E-state index in [9.17, 15) is 4.79 Å². The molecule has 0 aliphatic carbocycles. The third kappa shape index (κ3) is 5.98. The van der Waals surface area contributed by atoms with Crippen molar-refractivity contribution in [1.29, 1.82) is 5.26 Å². The third-order valence-corrected chi connectivity index (χ3v) is 8.60. The smallest absolute Gasteiger partial charge is 0.346 e. The molecule has 10 heteroatoms. The molecule has 2 heterocycles. The summed E-state index contributed by atoms with van der Waals surface area (Å²) in [5, 5.41) is 19.0. The number of benzene rings is 3. The van der Waals surface area contributed by atoms with Crippen LogP contribution in [-0.4, -0.2) is 37.4 Å². The Bertz CT molecular complexity index is 1720. The molecule has 5 aromatic rings. The highest BCUT2D eigenvalue weighted by Gasteiger charge is 2.18. The zero-order valence-corrected chi connectivity index (χ0v) is 24.5. The van der Waals surface area contributed by atoms with Gasteiger partial charge in [-0.3, -0.25) is 0 Å². The van der Waals surface area contributed by atoms with Crippen molar-refractivity contribution in [3.63, 3.8) is 0 Å². The predicted molar refractivity (Wildman–Crippen MR) is 166 cm³/mol. The van der Waals surface area contributed by atoms with Crippen molar-refractivity contribution in [2.75, 3.05) is 26.2 Å². The first kappa shape index (κ1) is 28.4. The standard InChI is InChI=1S/C32H25N3O5S2/c1-38-25-12-8-23(9-13-25)35(24-10-14-26(39-2)15-11-24)22-6-4-20(5-7-22)29-30(40-3)34-31(42-29)28-17-16-27(41-28)18-21(19-33)32(36)37/h4-18H,1-3H3,(H,36,37)/b21-18+. The molecule has 0 amide bonds. The van der Waals surface area contributed by atoms with Gasteiger partial charge >= 0.3 is 5.97 Å². The Balaban J connectivity index is 1.48. The Kier molecular flexibility index (Phi) is 8.52. The molecule has 0 saturated heterocycles. The van der Waals surface area contributed by atoms with Gasteiger partial charge in [-0.05, 0) is 84.4 Å². The highest BCUT2D eigenvalue weighted by molar-refractivity contribution is 7.24. The number of hydrogen-bond donors (Lipinski definition) is 1. The second kappa shape index (κ2) is 12.6. The van der Waals surface area contributed by atoms with Gasteiger partial charge < -0.3 is 24.2 Å². The summed E-state index contributed by atoms with van der Waals surface area (Å²) in [5.74, 6) is 0.793. The molecule has 0 unspecified atom stereocenters. The first-order valence-corrected chi connectivity index (χ1v) is 14.3. The molecule has 0 atom stereocenters. The predicted octanol–water partition coefficient (Wildman–Crippen LogP) is 8.03. The molecule has 5 rings (SSSR count). The van der Waals surface area contributed by atoms with E-state index >= 15 is 0 Å². The fourth-order valence-corrected chi connectivity index (χ4v) is 6.28. The van der Waals surface area contributed by atoms with E-state index in [0.717, 1.165) is 48.9 Å². The maximum atomic E-state index is 11.2. The molecule has 0 radical (unpaired) electrons. The average Bonchev–Trinajstić information content (AvgIpc) is 3.68. The summed E-state index contributed by atoms with van der Waals surface area (Å²) in [5.41, 5.74) is 3.52. The van der Waals surface area contributed by atoms with Crippen molar-refractivity contribution < 1.29 is 24.1 Å². The highest BCUT2D eigenvalue weighted by atomic mass is 32.1. The minimum absolute atomic E-state index is 0.320. The van der Waals surface area contributed by atoms with E-state index in [1.165, 1.54) is 28.7 Å². The molecule has 3 aromatic carbocycles. The lowest BCUT2D eigenvalue weighted by Gasteiger charge is -2.26. The summed E-state index contributed by atoms with van der Waals surface area (Å²) >= 11 is 2.84. The van der Waals surface area contributed by atoms with Crippen LogP contribution in [0.1, 0.15) is 4.88 Å². The molecule has 2 aromatic heterocycles. The molecule has 1 N–H and O–H groups in total. The van der Waals surface area contributed by atoms with Crippen LogP contribution in [0.4, 0.5) is 17.1 Å². The Morgan fingerprint density at radius 2 is 1.36 bits per heavy atom. The Hall–Kier alpha value is -5.11. The number of nitrogens with zero attached hydrogens (tertiary/aromatic N) is 3. The topological polar surface area (TPSA) is 105 Å². The highest BCUT2D eigenvalue weighted by Crippen LogP contribution is 2.43. The Morgan fingerprint density at radius 1 is 0.810 bits per heavy atom. The lowest BCUT2D eigenvalue weighted by atomic mass is 10.1. The minimum atomic E-state index is -1.26. The van der Waals surface area contributed by atoms with Crippen LogP contribution in [0.2, 0.25) is 0 Å². The molecular formula is C32H25N3O5S2. The molecule has 8 nitrogen and oxygen atoms in total. The fourth-order valence-electron chi connectivity index (χ4n) is 4.23. The van der Waals surface area contributed by atoms with Gasteiger partial charge in [-0.15, -0.1) is 22.7 Å². The third-order valence-electron chi connectivity index (χ3n) is 6.31. The number of thiazole rings is 1. The zero-order chi connectivity index (χ0) is 29.6. The number of thiophene rings is 1. The van der Waals surface area contributed by atoms with E-state index in [0.29, 0.717) is 10.8 Å². The summed E-state index contributed by atoms with van der Waals surface area (Å²) in [6.07, 6.45) is 1.36. The van der Waals surface area contributed by atoms with E-state index in [1.807, 2.05) is 78.9 Å². The molecule has 210 valence electrons. The van der Waals surface area contributed by atoms with Crippen molar-refractivity contribution in [2.45, 2.75) is 0 Å². The van der Waals surface area contributed by atoms with Crippen molar-refractivity contribution in [2.24, 2.45) is 0 Å². The van der Waals surface area contributed by atoms with Crippen molar-refractivity contribution in [3.8, 4) is 43.8 Å². The molecule has 0 fully saturated rings. The van der Waals surface area contributed by atoms with Gasteiger partial charge in [-0.1, -0.05) is 12.1 Å². The van der Waals surface area contributed by atoms with Crippen LogP contribution in [-0.2, 0) is 4.79 Å². The number of aromatic nitrogens is 1. The Morgan fingerprint density at radius 3 is 1.83 bits per heavy atom. The fraction of sp³-hybridized carbons (Fsp3) is 0.0938. The van der Waals surface area contributed by atoms with Crippen LogP contribution in [0.5, 0.6) is 17.4 Å². The minimum Gasteiger partial charge on any atom is -0.497 e. The van der Waals surface area contributed by atoms with Crippen molar-refractivity contribution in [1.82, 2.24) is 4.98 Å². The Labute approximate surface area is 250 Å². The number of rotatable bonds is 10. The number of ether oxygens (including phenoxy) is 3. The zero-order valence-electron chi connectivity index (χ0n) is 22.9. The molecule has 0 spiro atoms. The molecule has 0 aliphatic heterocycles. The van der Waals surface area contributed by atoms with E-state index < -0.39 is 5.97 Å². The second-order valence-corrected chi connectivity index (χ2v) is 10.9. The number of carboxylic acids is 1. The van der Waals surface area contributed by atoms with Gasteiger partial charge in [0.25, 0.3) is 0 Å². The molecule has 0 bridgehead atoms. The van der Waals surface area contributed by atoms with Crippen LogP contribution < -0.4 is 19.1 Å². The summed E-state index contributed by atoms with van der Waals surface area (Å²) < 4.78 is 16.3. The SMILES string of the molecule is COc1ccc(N(c2ccc(OC)cc2)c2ccc(-c3sc(-c4ccc(/C=C(\C#N)C(=O)O)s4)nc3OC)cc2)cc1. The number of hydrogen-bond acceptors (Lipinski definition) is 9. The summed E-state index contributed by atoms with van der Waals surface area (Å²) in [6, 6.07) is 29.3. The van der Waals surface area contributed by atoms with Gasteiger partial charge in [0.1, 0.15) is 28.1 Å².